The molecule has 1 aromatic carbocycles. The molecule has 0 radical (unpaired) electrons. The van der Waals surface area contributed by atoms with Crippen molar-refractivity contribution in [2.45, 2.75) is 32.5 Å². The lowest BCUT2D eigenvalue weighted by Gasteiger charge is -2.28. The number of hydrogen-bond acceptors (Lipinski definition) is 5. The van der Waals surface area contributed by atoms with Crippen LogP contribution in [0.2, 0.25) is 0 Å². The third-order valence-electron chi connectivity index (χ3n) is 3.36. The van der Waals surface area contributed by atoms with Crippen molar-refractivity contribution in [2.75, 3.05) is 26.8 Å². The van der Waals surface area contributed by atoms with Crippen molar-refractivity contribution >= 4 is 5.91 Å². The number of ether oxygens (including phenoxy) is 1. The summed E-state index contributed by atoms with van der Waals surface area (Å²) in [6, 6.07) is 7.31. The van der Waals surface area contributed by atoms with E-state index in [2.05, 4.69) is 5.32 Å². The Morgan fingerprint density at radius 3 is 2.73 bits per heavy atom. The van der Waals surface area contributed by atoms with E-state index >= 15 is 0 Å². The minimum absolute atomic E-state index is 0.0596. The third-order valence-corrected chi connectivity index (χ3v) is 3.36. The van der Waals surface area contributed by atoms with Gasteiger partial charge in [-0.15, -0.1) is 0 Å². The zero-order valence-corrected chi connectivity index (χ0v) is 13.5. The standard InChI is InChI=1S/C16H26N2O4/c1-12(11-19)18(9-13(2)20)10-16(21)17-8-14-5-4-6-15(7-14)22-3/h4-7,12-13,19-20H,8-11H2,1-3H3,(H,17,21)/t12-,13-/m0/s1. The van der Waals surface area contributed by atoms with Crippen molar-refractivity contribution < 1.29 is 19.7 Å². The summed E-state index contributed by atoms with van der Waals surface area (Å²) in [4.78, 5) is 13.8. The first kappa shape index (κ1) is 18.4. The van der Waals surface area contributed by atoms with E-state index in [9.17, 15) is 15.0 Å². The van der Waals surface area contributed by atoms with Crippen LogP contribution >= 0.6 is 0 Å². The molecule has 1 rings (SSSR count). The molecular formula is C16H26N2O4. The summed E-state index contributed by atoms with van der Waals surface area (Å²) in [5.74, 6) is 0.597. The van der Waals surface area contributed by atoms with Gasteiger partial charge in [0.2, 0.25) is 5.91 Å². The number of nitrogens with one attached hydrogen (secondary N) is 1. The minimum atomic E-state index is -0.555. The Labute approximate surface area is 131 Å². The van der Waals surface area contributed by atoms with Gasteiger partial charge in [-0.3, -0.25) is 9.69 Å². The fourth-order valence-electron chi connectivity index (χ4n) is 2.08. The monoisotopic (exact) mass is 310 g/mol. The molecule has 1 amide bonds. The number of aliphatic hydroxyl groups is 2. The first-order valence-electron chi connectivity index (χ1n) is 7.38. The van der Waals surface area contributed by atoms with Gasteiger partial charge in [0.05, 0.1) is 26.4 Å². The van der Waals surface area contributed by atoms with Gasteiger partial charge in [0, 0.05) is 19.1 Å². The van der Waals surface area contributed by atoms with Crippen molar-refractivity contribution in [2.24, 2.45) is 0 Å². The van der Waals surface area contributed by atoms with Crippen LogP contribution in [0, 0.1) is 0 Å². The number of amides is 1. The summed E-state index contributed by atoms with van der Waals surface area (Å²) in [5.41, 5.74) is 0.949. The van der Waals surface area contributed by atoms with Gasteiger partial charge >= 0.3 is 0 Å². The smallest absolute Gasteiger partial charge is 0.234 e. The first-order valence-corrected chi connectivity index (χ1v) is 7.38. The third kappa shape index (κ3) is 6.43. The summed E-state index contributed by atoms with van der Waals surface area (Å²) >= 11 is 0. The quantitative estimate of drug-likeness (QED) is 0.614. The lowest BCUT2D eigenvalue weighted by Crippen LogP contribution is -2.46. The molecule has 0 unspecified atom stereocenters. The van der Waals surface area contributed by atoms with Crippen LogP contribution in [0.3, 0.4) is 0 Å². The number of nitrogens with zero attached hydrogens (tertiary/aromatic N) is 1. The molecule has 0 saturated carbocycles. The number of hydrogen-bond donors (Lipinski definition) is 3. The van der Waals surface area contributed by atoms with E-state index in [1.165, 1.54) is 0 Å². The van der Waals surface area contributed by atoms with Gasteiger partial charge in [-0.25, -0.2) is 0 Å². The van der Waals surface area contributed by atoms with Crippen LogP contribution in [0.5, 0.6) is 5.75 Å². The van der Waals surface area contributed by atoms with Gasteiger partial charge < -0.3 is 20.3 Å². The number of carbonyl (C=O) groups excluding carboxylic acids is 1. The maximum absolute atomic E-state index is 12.0. The molecule has 2 atom stereocenters. The van der Waals surface area contributed by atoms with Gasteiger partial charge in [-0.1, -0.05) is 12.1 Å². The van der Waals surface area contributed by atoms with Gasteiger partial charge in [0.1, 0.15) is 5.75 Å². The Kier molecular flexibility index (Phi) is 7.87. The molecule has 124 valence electrons. The lowest BCUT2D eigenvalue weighted by molar-refractivity contribution is -0.123. The van der Waals surface area contributed by atoms with Crippen LogP contribution in [-0.4, -0.2) is 60.0 Å². The molecule has 0 fully saturated rings. The van der Waals surface area contributed by atoms with Crippen molar-refractivity contribution in [3.8, 4) is 5.75 Å². The van der Waals surface area contributed by atoms with Crippen LogP contribution in [0.15, 0.2) is 24.3 Å². The van der Waals surface area contributed by atoms with Gasteiger partial charge in [-0.2, -0.15) is 0 Å². The van der Waals surface area contributed by atoms with Gasteiger partial charge in [-0.05, 0) is 31.5 Å². The molecule has 0 aliphatic carbocycles. The van der Waals surface area contributed by atoms with Crippen LogP contribution < -0.4 is 10.1 Å². The highest BCUT2D eigenvalue weighted by molar-refractivity contribution is 5.78. The van der Waals surface area contributed by atoms with E-state index in [0.29, 0.717) is 13.1 Å². The predicted octanol–water partition coefficient (Wildman–Crippen LogP) is 0.375. The van der Waals surface area contributed by atoms with Crippen molar-refractivity contribution in [3.05, 3.63) is 29.8 Å². The molecule has 6 heteroatoms. The number of rotatable bonds is 9. The van der Waals surface area contributed by atoms with E-state index < -0.39 is 6.10 Å². The lowest BCUT2D eigenvalue weighted by atomic mass is 10.2. The van der Waals surface area contributed by atoms with E-state index in [4.69, 9.17) is 4.74 Å². The first-order chi connectivity index (χ1) is 10.5. The maximum atomic E-state index is 12.0. The summed E-state index contributed by atoms with van der Waals surface area (Å²) < 4.78 is 5.14. The second-order valence-corrected chi connectivity index (χ2v) is 5.44. The fraction of sp³-hybridized carbons (Fsp3) is 0.562. The summed E-state index contributed by atoms with van der Waals surface area (Å²) in [7, 11) is 1.60. The number of benzene rings is 1. The summed E-state index contributed by atoms with van der Waals surface area (Å²) in [6.45, 7) is 4.30. The van der Waals surface area contributed by atoms with Gasteiger partial charge in [0.25, 0.3) is 0 Å². The van der Waals surface area contributed by atoms with Crippen LogP contribution in [0.25, 0.3) is 0 Å². The zero-order valence-electron chi connectivity index (χ0n) is 13.5. The van der Waals surface area contributed by atoms with Crippen LogP contribution in [-0.2, 0) is 11.3 Å². The molecule has 0 spiro atoms. The Balaban J connectivity index is 2.52. The normalized spacial score (nSPS) is 13.7. The van der Waals surface area contributed by atoms with Crippen LogP contribution in [0.1, 0.15) is 19.4 Å². The second kappa shape index (κ2) is 9.40. The highest BCUT2D eigenvalue weighted by atomic mass is 16.5. The topological polar surface area (TPSA) is 82.0 Å². The highest BCUT2D eigenvalue weighted by Crippen LogP contribution is 2.12. The highest BCUT2D eigenvalue weighted by Gasteiger charge is 2.18. The molecule has 0 heterocycles. The molecular weight excluding hydrogens is 284 g/mol. The molecule has 0 aromatic heterocycles. The molecule has 1 aromatic rings. The maximum Gasteiger partial charge on any atom is 0.234 e. The molecule has 0 aliphatic rings. The Morgan fingerprint density at radius 2 is 2.14 bits per heavy atom. The number of methoxy groups -OCH3 is 1. The zero-order chi connectivity index (χ0) is 16.5. The molecule has 3 N–H and O–H groups in total. The average molecular weight is 310 g/mol. The minimum Gasteiger partial charge on any atom is -0.497 e. The molecule has 22 heavy (non-hydrogen) atoms. The molecule has 0 bridgehead atoms. The second-order valence-electron chi connectivity index (χ2n) is 5.44. The predicted molar refractivity (Wildman–Crippen MR) is 84.6 cm³/mol. The van der Waals surface area contributed by atoms with Gasteiger partial charge in [0.15, 0.2) is 0 Å². The Morgan fingerprint density at radius 1 is 1.41 bits per heavy atom. The van der Waals surface area contributed by atoms with E-state index in [0.717, 1.165) is 11.3 Å². The molecule has 0 aliphatic heterocycles. The van der Waals surface area contributed by atoms with Crippen molar-refractivity contribution in [1.82, 2.24) is 10.2 Å². The van der Waals surface area contributed by atoms with E-state index in [-0.39, 0.29) is 25.1 Å². The van der Waals surface area contributed by atoms with Crippen molar-refractivity contribution in [3.63, 3.8) is 0 Å². The van der Waals surface area contributed by atoms with Crippen molar-refractivity contribution in [1.29, 1.82) is 0 Å². The Bertz CT molecular complexity index is 465. The SMILES string of the molecule is COc1cccc(CNC(=O)CN(C[C@H](C)O)[C@@H](C)CO)c1. The molecule has 6 nitrogen and oxygen atoms in total. The van der Waals surface area contributed by atoms with E-state index in [1.807, 2.05) is 31.2 Å². The Hall–Kier alpha value is -1.63. The molecule has 0 saturated heterocycles. The van der Waals surface area contributed by atoms with E-state index in [1.54, 1.807) is 18.9 Å². The largest absolute Gasteiger partial charge is 0.497 e. The summed E-state index contributed by atoms with van der Waals surface area (Å²) in [5, 5.41) is 21.5. The summed E-state index contributed by atoms with van der Waals surface area (Å²) in [6.07, 6.45) is -0.555. The fourth-order valence-corrected chi connectivity index (χ4v) is 2.08. The average Bonchev–Trinajstić information content (AvgIpc) is 2.51. The number of aliphatic hydroxyl groups excluding tert-OH is 2. The van der Waals surface area contributed by atoms with Crippen LogP contribution in [0.4, 0.5) is 0 Å². The number of carbonyl (C=O) groups is 1.